The number of para-hydroxylation sites is 2. The molecule has 2 aromatic heterocycles. The van der Waals surface area contributed by atoms with Crippen LogP contribution in [-0.4, -0.2) is 101 Å². The Kier molecular flexibility index (Phi) is 11.5. The van der Waals surface area contributed by atoms with E-state index in [1.54, 1.807) is 59.8 Å². The Hall–Kier alpha value is -4.21. The van der Waals surface area contributed by atoms with Crippen LogP contribution in [0.5, 0.6) is 5.75 Å². The SMILES string of the molecule is O=C(NC1c2ccccc2OC[C@H]1O)[C@H](Cc1cccnc1)C[C@H](O)CN1CCN(Cc2cc3cccc(Cl)c3o2)C[C@H]1C(=O)NCC(F)(F)F. The Balaban J connectivity index is 1.16. The summed E-state index contributed by atoms with van der Waals surface area (Å²) in [5.74, 6) is -0.870. The zero-order valence-electron chi connectivity index (χ0n) is 27.6. The topological polar surface area (TPSA) is 140 Å². The number of rotatable bonds is 12. The largest absolute Gasteiger partial charge is 0.490 e. The summed E-state index contributed by atoms with van der Waals surface area (Å²) in [6, 6.07) is 16.1. The Morgan fingerprint density at radius 1 is 1.10 bits per heavy atom. The van der Waals surface area contributed by atoms with Gasteiger partial charge in [0.15, 0.2) is 5.58 Å². The number of aromatic nitrogens is 1. The van der Waals surface area contributed by atoms with Crippen molar-refractivity contribution in [1.82, 2.24) is 25.4 Å². The van der Waals surface area contributed by atoms with Crippen LogP contribution >= 0.6 is 11.6 Å². The van der Waals surface area contributed by atoms with Gasteiger partial charge in [0.1, 0.15) is 36.8 Å². The molecule has 0 bridgehead atoms. The van der Waals surface area contributed by atoms with Gasteiger partial charge in [-0.1, -0.05) is 48.0 Å². The minimum atomic E-state index is -4.60. The van der Waals surface area contributed by atoms with E-state index in [4.69, 9.17) is 20.8 Å². The van der Waals surface area contributed by atoms with Gasteiger partial charge in [0.05, 0.1) is 23.7 Å². The van der Waals surface area contributed by atoms with Crippen molar-refractivity contribution in [3.63, 3.8) is 0 Å². The first kappa shape index (κ1) is 36.6. The highest BCUT2D eigenvalue weighted by atomic mass is 35.5. The quantitative estimate of drug-likeness (QED) is 0.171. The Labute approximate surface area is 297 Å². The fourth-order valence-corrected chi connectivity index (χ4v) is 6.95. The fourth-order valence-electron chi connectivity index (χ4n) is 6.72. The van der Waals surface area contributed by atoms with Gasteiger partial charge in [0.2, 0.25) is 11.8 Å². The number of fused-ring (bicyclic) bond motifs is 2. The number of nitrogens with zero attached hydrogens (tertiary/aromatic N) is 3. The third kappa shape index (κ3) is 9.37. The molecule has 2 amide bonds. The van der Waals surface area contributed by atoms with E-state index in [-0.39, 0.29) is 39.1 Å². The molecule has 1 fully saturated rings. The second-order valence-corrected chi connectivity index (χ2v) is 13.4. The molecule has 11 nitrogen and oxygen atoms in total. The van der Waals surface area contributed by atoms with Crippen molar-refractivity contribution < 1.29 is 42.1 Å². The molecule has 4 N–H and O–H groups in total. The summed E-state index contributed by atoms with van der Waals surface area (Å²) in [4.78, 5) is 34.8. The first-order valence-corrected chi connectivity index (χ1v) is 17.1. The number of piperazine rings is 1. The number of hydrogen-bond donors (Lipinski definition) is 4. The number of nitrogens with one attached hydrogen (secondary N) is 2. The molecule has 272 valence electrons. The summed E-state index contributed by atoms with van der Waals surface area (Å²) in [6.07, 6.45) is -3.31. The predicted octanol–water partition coefficient (Wildman–Crippen LogP) is 3.87. The Morgan fingerprint density at radius 2 is 1.92 bits per heavy atom. The number of aliphatic hydroxyl groups excluding tert-OH is 2. The van der Waals surface area contributed by atoms with Crippen molar-refractivity contribution in [3.05, 3.63) is 95.0 Å². The number of halogens is 4. The van der Waals surface area contributed by atoms with Gasteiger partial charge in [0, 0.05) is 55.4 Å². The van der Waals surface area contributed by atoms with E-state index in [9.17, 15) is 33.0 Å². The van der Waals surface area contributed by atoms with Gasteiger partial charge < -0.3 is 30.0 Å². The molecule has 2 aliphatic heterocycles. The van der Waals surface area contributed by atoms with Gasteiger partial charge in [-0.25, -0.2) is 0 Å². The lowest BCUT2D eigenvalue weighted by molar-refractivity contribution is -0.143. The smallest absolute Gasteiger partial charge is 0.405 e. The first-order valence-electron chi connectivity index (χ1n) is 16.7. The van der Waals surface area contributed by atoms with Crippen molar-refractivity contribution in [2.45, 2.75) is 49.9 Å². The minimum Gasteiger partial charge on any atom is -0.490 e. The number of pyridine rings is 1. The highest BCUT2D eigenvalue weighted by Gasteiger charge is 2.38. The average molecular weight is 730 g/mol. The zero-order valence-corrected chi connectivity index (χ0v) is 28.3. The molecule has 1 saturated heterocycles. The zero-order chi connectivity index (χ0) is 36.1. The number of ether oxygens (including phenoxy) is 1. The van der Waals surface area contributed by atoms with Gasteiger partial charge in [0.25, 0.3) is 0 Å². The predicted molar refractivity (Wildman–Crippen MR) is 182 cm³/mol. The highest BCUT2D eigenvalue weighted by molar-refractivity contribution is 6.34. The monoisotopic (exact) mass is 729 g/mol. The number of furan rings is 1. The molecule has 0 saturated carbocycles. The van der Waals surface area contributed by atoms with E-state index in [0.29, 0.717) is 40.8 Å². The number of carbonyl (C=O) groups excluding carboxylic acids is 2. The number of alkyl halides is 3. The first-order chi connectivity index (χ1) is 24.4. The molecule has 15 heteroatoms. The lowest BCUT2D eigenvalue weighted by Gasteiger charge is -2.41. The minimum absolute atomic E-state index is 0.00822. The van der Waals surface area contributed by atoms with E-state index in [1.165, 1.54) is 0 Å². The summed E-state index contributed by atoms with van der Waals surface area (Å²) in [6.45, 7) is -0.520. The van der Waals surface area contributed by atoms with Crippen LogP contribution in [0.2, 0.25) is 5.02 Å². The number of β-amino-alcohol motifs (C(OH)–C–C–N with tert-alkyl or cyclic N) is 1. The molecule has 0 aliphatic carbocycles. The van der Waals surface area contributed by atoms with E-state index in [1.807, 2.05) is 28.4 Å². The van der Waals surface area contributed by atoms with Crippen LogP contribution in [0.4, 0.5) is 13.2 Å². The molecule has 0 spiro atoms. The van der Waals surface area contributed by atoms with Crippen molar-refractivity contribution in [2.75, 3.05) is 39.3 Å². The molecule has 2 aromatic carbocycles. The highest BCUT2D eigenvalue weighted by Crippen LogP contribution is 2.33. The number of benzene rings is 2. The number of hydrogen-bond acceptors (Lipinski definition) is 9. The van der Waals surface area contributed by atoms with Gasteiger partial charge in [-0.15, -0.1) is 0 Å². The van der Waals surface area contributed by atoms with Crippen LogP contribution in [-0.2, 0) is 22.6 Å². The molecule has 51 heavy (non-hydrogen) atoms. The van der Waals surface area contributed by atoms with Crippen molar-refractivity contribution in [2.24, 2.45) is 5.92 Å². The molecule has 0 radical (unpaired) electrons. The summed E-state index contributed by atoms with van der Waals surface area (Å²) >= 11 is 6.27. The van der Waals surface area contributed by atoms with Crippen LogP contribution in [0.15, 0.2) is 77.5 Å². The van der Waals surface area contributed by atoms with E-state index < -0.39 is 54.7 Å². The number of amides is 2. The van der Waals surface area contributed by atoms with Crippen LogP contribution in [0.1, 0.15) is 29.3 Å². The van der Waals surface area contributed by atoms with Crippen LogP contribution in [0.3, 0.4) is 0 Å². The van der Waals surface area contributed by atoms with Gasteiger partial charge >= 0.3 is 6.18 Å². The molecule has 1 unspecified atom stereocenters. The second-order valence-electron chi connectivity index (χ2n) is 13.0. The van der Waals surface area contributed by atoms with Crippen LogP contribution in [0, 0.1) is 5.92 Å². The van der Waals surface area contributed by atoms with Crippen LogP contribution in [0.25, 0.3) is 11.0 Å². The van der Waals surface area contributed by atoms with E-state index in [2.05, 4.69) is 10.3 Å². The number of carbonyl (C=O) groups is 2. The summed E-state index contributed by atoms with van der Waals surface area (Å²) < 4.78 is 50.8. The van der Waals surface area contributed by atoms with Gasteiger partial charge in [-0.2, -0.15) is 13.2 Å². The number of aliphatic hydroxyl groups is 2. The lowest BCUT2D eigenvalue weighted by Crippen LogP contribution is -2.60. The Morgan fingerprint density at radius 3 is 2.69 bits per heavy atom. The molecular formula is C36H39ClF3N5O6. The molecule has 2 aliphatic rings. The lowest BCUT2D eigenvalue weighted by atomic mass is 9.91. The van der Waals surface area contributed by atoms with Crippen molar-refractivity contribution in [1.29, 1.82) is 0 Å². The van der Waals surface area contributed by atoms with Crippen molar-refractivity contribution >= 4 is 34.4 Å². The molecule has 6 rings (SSSR count). The Bertz CT molecular complexity index is 1810. The van der Waals surface area contributed by atoms with E-state index in [0.717, 1.165) is 10.9 Å². The average Bonchev–Trinajstić information content (AvgIpc) is 3.52. The normalized spacial score (nSPS) is 21.0. The summed E-state index contributed by atoms with van der Waals surface area (Å²) in [7, 11) is 0. The molecular weight excluding hydrogens is 691 g/mol. The summed E-state index contributed by atoms with van der Waals surface area (Å²) in [5.41, 5.74) is 1.90. The third-order valence-electron chi connectivity index (χ3n) is 9.19. The fraction of sp³-hybridized carbons (Fsp3) is 0.417. The molecule has 4 aromatic rings. The van der Waals surface area contributed by atoms with Crippen LogP contribution < -0.4 is 15.4 Å². The second kappa shape index (κ2) is 16.0. The van der Waals surface area contributed by atoms with Gasteiger partial charge in [-0.05, 0) is 42.7 Å². The van der Waals surface area contributed by atoms with Gasteiger partial charge in [-0.3, -0.25) is 24.4 Å². The van der Waals surface area contributed by atoms with E-state index >= 15 is 0 Å². The molecule has 5 atom stereocenters. The maximum Gasteiger partial charge on any atom is 0.405 e. The summed E-state index contributed by atoms with van der Waals surface area (Å²) in [5, 5.41) is 28.4. The maximum atomic E-state index is 13.9. The molecule has 4 heterocycles. The standard InChI is InChI=1S/C36H39ClF3N5O6/c37-28-8-3-6-23-15-26(51-33(23)28)18-44-11-12-45(29(19-44)35(49)42-21-36(38,39)40)17-25(46)14-24(13-22-5-4-10-41-16-22)34(48)43-32-27-7-1-2-9-31(27)50-20-30(32)47/h1-10,15-16,24-25,29-30,32,46-47H,11-14,17-21H2,(H,42,49)(H,43,48)/t24-,25+,29+,30-,32?/m1/s1. The maximum absolute atomic E-state index is 13.9. The van der Waals surface area contributed by atoms with Crippen molar-refractivity contribution in [3.8, 4) is 5.75 Å². The third-order valence-corrected chi connectivity index (χ3v) is 9.49.